The van der Waals surface area contributed by atoms with Crippen molar-refractivity contribution >= 4 is 17.2 Å². The van der Waals surface area contributed by atoms with Gasteiger partial charge in [0.25, 0.3) is 5.91 Å². The van der Waals surface area contributed by atoms with Crippen molar-refractivity contribution in [1.29, 1.82) is 0 Å². The molecule has 1 aliphatic heterocycles. The SMILES string of the molecule is CC1CC(C)CN(C(C)(C)CNC(=O)c2csc(CN)n2)C1. The molecule has 0 aliphatic carbocycles. The van der Waals surface area contributed by atoms with Gasteiger partial charge >= 0.3 is 0 Å². The molecule has 1 saturated heterocycles. The molecule has 2 rings (SSSR count). The average Bonchev–Trinajstić information content (AvgIpc) is 2.93. The van der Waals surface area contributed by atoms with E-state index >= 15 is 0 Å². The molecule has 5 nitrogen and oxygen atoms in total. The molecule has 1 amide bonds. The number of thiazole rings is 1. The van der Waals surface area contributed by atoms with Gasteiger partial charge in [0.15, 0.2) is 0 Å². The summed E-state index contributed by atoms with van der Waals surface area (Å²) in [6.45, 7) is 12.2. The predicted molar refractivity (Wildman–Crippen MR) is 90.9 cm³/mol. The lowest BCUT2D eigenvalue weighted by Gasteiger charge is -2.45. The number of nitrogens with two attached hydrogens (primary N) is 1. The van der Waals surface area contributed by atoms with E-state index in [1.54, 1.807) is 5.38 Å². The minimum Gasteiger partial charge on any atom is -0.349 e. The fraction of sp³-hybridized carbons (Fsp3) is 0.750. The summed E-state index contributed by atoms with van der Waals surface area (Å²) in [5.74, 6) is 1.32. The van der Waals surface area contributed by atoms with Crippen LogP contribution < -0.4 is 11.1 Å². The van der Waals surface area contributed by atoms with Gasteiger partial charge in [-0.25, -0.2) is 4.98 Å². The molecule has 1 fully saturated rings. The second kappa shape index (κ2) is 7.06. The maximum Gasteiger partial charge on any atom is 0.270 e. The van der Waals surface area contributed by atoms with Gasteiger partial charge in [0.1, 0.15) is 10.7 Å². The molecule has 0 bridgehead atoms. The van der Waals surface area contributed by atoms with E-state index in [1.165, 1.54) is 17.8 Å². The average molecular weight is 324 g/mol. The van der Waals surface area contributed by atoms with E-state index in [4.69, 9.17) is 5.73 Å². The Balaban J connectivity index is 1.92. The summed E-state index contributed by atoms with van der Waals surface area (Å²) in [5.41, 5.74) is 5.96. The molecule has 1 aromatic heterocycles. The zero-order valence-electron chi connectivity index (χ0n) is 14.1. The van der Waals surface area contributed by atoms with Crippen LogP contribution >= 0.6 is 11.3 Å². The monoisotopic (exact) mass is 324 g/mol. The Bertz CT molecular complexity index is 504. The third kappa shape index (κ3) is 4.27. The molecule has 2 atom stereocenters. The second-order valence-electron chi connectivity index (χ2n) is 7.18. The van der Waals surface area contributed by atoms with Crippen LogP contribution in [0.15, 0.2) is 5.38 Å². The molecule has 22 heavy (non-hydrogen) atoms. The van der Waals surface area contributed by atoms with Crippen molar-refractivity contribution < 1.29 is 4.79 Å². The highest BCUT2D eigenvalue weighted by Crippen LogP contribution is 2.26. The van der Waals surface area contributed by atoms with Crippen LogP contribution in [0.2, 0.25) is 0 Å². The Morgan fingerprint density at radius 3 is 2.64 bits per heavy atom. The number of piperidine rings is 1. The molecule has 3 N–H and O–H groups in total. The van der Waals surface area contributed by atoms with Gasteiger partial charge in [0, 0.05) is 37.1 Å². The molecule has 1 aliphatic rings. The Labute approximate surface area is 137 Å². The van der Waals surface area contributed by atoms with E-state index in [-0.39, 0.29) is 11.4 Å². The highest BCUT2D eigenvalue weighted by molar-refractivity contribution is 7.09. The topological polar surface area (TPSA) is 71.2 Å². The van der Waals surface area contributed by atoms with Crippen LogP contribution in [0.1, 0.15) is 49.6 Å². The fourth-order valence-electron chi connectivity index (χ4n) is 3.17. The summed E-state index contributed by atoms with van der Waals surface area (Å²) < 4.78 is 0. The number of amides is 1. The molecule has 0 radical (unpaired) electrons. The third-order valence-corrected chi connectivity index (χ3v) is 5.24. The van der Waals surface area contributed by atoms with Gasteiger partial charge < -0.3 is 11.1 Å². The highest BCUT2D eigenvalue weighted by Gasteiger charge is 2.33. The number of hydrogen-bond donors (Lipinski definition) is 2. The number of nitrogens with zero attached hydrogens (tertiary/aromatic N) is 2. The zero-order valence-corrected chi connectivity index (χ0v) is 14.9. The number of hydrogen-bond acceptors (Lipinski definition) is 5. The van der Waals surface area contributed by atoms with Gasteiger partial charge in [-0.15, -0.1) is 11.3 Å². The molecule has 2 heterocycles. The number of likely N-dealkylation sites (tertiary alicyclic amines) is 1. The minimum absolute atomic E-state index is 0.0503. The maximum atomic E-state index is 12.2. The molecule has 124 valence electrons. The van der Waals surface area contributed by atoms with Gasteiger partial charge in [-0.3, -0.25) is 9.69 Å². The highest BCUT2D eigenvalue weighted by atomic mass is 32.1. The van der Waals surface area contributed by atoms with Crippen LogP contribution in [-0.2, 0) is 6.54 Å². The molecule has 0 saturated carbocycles. The van der Waals surface area contributed by atoms with Crippen LogP contribution in [-0.4, -0.2) is 41.0 Å². The maximum absolute atomic E-state index is 12.2. The first-order valence-corrected chi connectivity index (χ1v) is 8.87. The number of carbonyl (C=O) groups excluding carboxylic acids is 1. The van der Waals surface area contributed by atoms with E-state index in [9.17, 15) is 4.79 Å². The fourth-order valence-corrected chi connectivity index (χ4v) is 3.82. The second-order valence-corrected chi connectivity index (χ2v) is 8.12. The quantitative estimate of drug-likeness (QED) is 0.870. The number of nitrogens with one attached hydrogen (secondary N) is 1. The number of rotatable bonds is 5. The Kier molecular flexibility index (Phi) is 5.58. The van der Waals surface area contributed by atoms with E-state index in [2.05, 4.69) is 42.9 Å². The van der Waals surface area contributed by atoms with E-state index in [0.717, 1.165) is 18.1 Å². The normalized spacial score (nSPS) is 23.5. The van der Waals surface area contributed by atoms with E-state index in [1.807, 2.05) is 0 Å². The summed E-state index contributed by atoms with van der Waals surface area (Å²) in [6.07, 6.45) is 1.29. The van der Waals surface area contributed by atoms with Gasteiger partial charge in [0.2, 0.25) is 0 Å². The summed E-state index contributed by atoms with van der Waals surface area (Å²) in [7, 11) is 0. The van der Waals surface area contributed by atoms with Crippen LogP contribution in [0.4, 0.5) is 0 Å². The van der Waals surface area contributed by atoms with Crippen LogP contribution in [0.25, 0.3) is 0 Å². The van der Waals surface area contributed by atoms with Gasteiger partial charge in [0.05, 0.1) is 0 Å². The van der Waals surface area contributed by atoms with E-state index < -0.39 is 0 Å². The largest absolute Gasteiger partial charge is 0.349 e. The van der Waals surface area contributed by atoms with Crippen LogP contribution in [0, 0.1) is 11.8 Å². The summed E-state index contributed by atoms with van der Waals surface area (Å²) in [6, 6.07) is 0. The first-order valence-electron chi connectivity index (χ1n) is 7.99. The number of carbonyl (C=O) groups is 1. The van der Waals surface area contributed by atoms with Crippen molar-refractivity contribution in [3.05, 3.63) is 16.1 Å². The minimum atomic E-state index is -0.109. The van der Waals surface area contributed by atoms with Crippen molar-refractivity contribution in [3.63, 3.8) is 0 Å². The zero-order chi connectivity index (χ0) is 16.3. The summed E-state index contributed by atoms with van der Waals surface area (Å²) in [5, 5.41) is 5.59. The molecule has 6 heteroatoms. The molecule has 0 aromatic carbocycles. The van der Waals surface area contributed by atoms with Gasteiger partial charge in [-0.1, -0.05) is 13.8 Å². The first kappa shape index (κ1) is 17.4. The Hall–Kier alpha value is -0.980. The Morgan fingerprint density at radius 2 is 2.09 bits per heavy atom. The third-order valence-electron chi connectivity index (χ3n) is 4.37. The Morgan fingerprint density at radius 1 is 1.45 bits per heavy atom. The summed E-state index contributed by atoms with van der Waals surface area (Å²) in [4.78, 5) is 18.9. The molecular weight excluding hydrogens is 296 g/mol. The predicted octanol–water partition coefficient (Wildman–Crippen LogP) is 2.09. The smallest absolute Gasteiger partial charge is 0.270 e. The molecule has 2 unspecified atom stereocenters. The molecule has 1 aromatic rings. The lowest BCUT2D eigenvalue weighted by Crippen LogP contribution is -2.56. The van der Waals surface area contributed by atoms with Crippen LogP contribution in [0.5, 0.6) is 0 Å². The standard InChI is InChI=1S/C16H28N4OS/c1-11-5-12(2)8-20(7-11)16(3,4)10-18-15(21)13-9-22-14(6-17)19-13/h9,11-12H,5-8,10,17H2,1-4H3,(H,18,21). The van der Waals surface area contributed by atoms with Crippen molar-refractivity contribution in [2.45, 2.75) is 46.2 Å². The van der Waals surface area contributed by atoms with Gasteiger partial charge in [-0.2, -0.15) is 0 Å². The van der Waals surface area contributed by atoms with Gasteiger partial charge in [-0.05, 0) is 32.1 Å². The molecular formula is C16H28N4OS. The lowest BCUT2D eigenvalue weighted by atomic mass is 9.88. The molecule has 0 spiro atoms. The van der Waals surface area contributed by atoms with Crippen molar-refractivity contribution in [2.75, 3.05) is 19.6 Å². The van der Waals surface area contributed by atoms with Crippen LogP contribution in [0.3, 0.4) is 0 Å². The van der Waals surface area contributed by atoms with Crippen molar-refractivity contribution in [1.82, 2.24) is 15.2 Å². The lowest BCUT2D eigenvalue weighted by molar-refractivity contribution is 0.0444. The summed E-state index contributed by atoms with van der Waals surface area (Å²) >= 11 is 1.43. The van der Waals surface area contributed by atoms with Crippen molar-refractivity contribution in [2.24, 2.45) is 17.6 Å². The van der Waals surface area contributed by atoms with E-state index in [0.29, 0.717) is 30.6 Å². The first-order chi connectivity index (χ1) is 10.3. The van der Waals surface area contributed by atoms with Crippen molar-refractivity contribution in [3.8, 4) is 0 Å². The number of aromatic nitrogens is 1.